The highest BCUT2D eigenvalue weighted by Crippen LogP contribution is 2.38. The van der Waals surface area contributed by atoms with E-state index in [0.29, 0.717) is 35.0 Å². The van der Waals surface area contributed by atoms with Crippen molar-refractivity contribution in [3.05, 3.63) is 74.4 Å². The Bertz CT molecular complexity index is 1520. The Morgan fingerprint density at radius 1 is 1.08 bits per heavy atom. The smallest absolute Gasteiger partial charge is 0.377 e. The lowest BCUT2D eigenvalue weighted by atomic mass is 9.95. The molecule has 2 amide bonds. The largest absolute Gasteiger partial charge is 0.493 e. The summed E-state index contributed by atoms with van der Waals surface area (Å²) in [5, 5.41) is 5.89. The van der Waals surface area contributed by atoms with E-state index in [1.54, 1.807) is 18.7 Å². The monoisotopic (exact) mass is 552 g/mol. The quantitative estimate of drug-likeness (QED) is 0.431. The number of thiophene rings is 1. The van der Waals surface area contributed by atoms with Crippen LogP contribution in [-0.2, 0) is 43.7 Å². The Labute approximate surface area is 227 Å². The topological polar surface area (TPSA) is 130 Å². The zero-order valence-electron chi connectivity index (χ0n) is 21.6. The normalized spacial score (nSPS) is 14.4. The van der Waals surface area contributed by atoms with Crippen molar-refractivity contribution in [1.29, 1.82) is 0 Å². The number of ether oxygens (including phenoxy) is 3. The average Bonchev–Trinajstić information content (AvgIpc) is 3.42. The fourth-order valence-electron chi connectivity index (χ4n) is 4.62. The maximum absolute atomic E-state index is 13.6. The molecule has 0 fully saturated rings. The van der Waals surface area contributed by atoms with Gasteiger partial charge in [-0.3, -0.25) is 19.1 Å². The number of aryl methyl sites for hydroxylation is 1. The number of benzene rings is 1. The van der Waals surface area contributed by atoms with Crippen LogP contribution in [0.5, 0.6) is 0 Å². The Morgan fingerprint density at radius 2 is 1.85 bits per heavy atom. The van der Waals surface area contributed by atoms with E-state index in [-0.39, 0.29) is 23.6 Å². The van der Waals surface area contributed by atoms with E-state index in [9.17, 15) is 19.2 Å². The van der Waals surface area contributed by atoms with Crippen molar-refractivity contribution in [1.82, 2.24) is 9.36 Å². The van der Waals surface area contributed by atoms with Crippen LogP contribution >= 0.6 is 11.3 Å². The molecule has 2 aromatic heterocycles. The minimum Gasteiger partial charge on any atom is -0.493 e. The first-order valence-electron chi connectivity index (χ1n) is 12.6. The van der Waals surface area contributed by atoms with E-state index in [0.717, 1.165) is 36.0 Å². The third kappa shape index (κ3) is 5.32. The van der Waals surface area contributed by atoms with E-state index in [1.165, 1.54) is 16.0 Å². The standard InChI is InChI=1S/C27H28N4O7S/c1-16-23(26(34)31(30(16)2)17-8-4-3-5-9-17)29-24(33)22-18-10-6-7-11-20(18)39-25(22)28-21(32)15-38-27(35)19-14-36-12-13-37-19/h3-5,8-9,14H,6-7,10-13,15H2,1-2H3,(H,28,32)(H,29,33). The number of fused-ring (bicyclic) bond motifs is 1. The van der Waals surface area contributed by atoms with Crippen LogP contribution in [0.4, 0.5) is 10.7 Å². The van der Waals surface area contributed by atoms with Crippen LogP contribution in [0.25, 0.3) is 5.69 Å². The molecule has 3 aromatic rings. The van der Waals surface area contributed by atoms with E-state index < -0.39 is 24.4 Å². The van der Waals surface area contributed by atoms with Crippen LogP contribution in [-0.4, -0.2) is 47.0 Å². The van der Waals surface area contributed by atoms with Gasteiger partial charge in [0.15, 0.2) is 6.61 Å². The first kappa shape index (κ1) is 26.3. The first-order valence-corrected chi connectivity index (χ1v) is 13.4. The first-order chi connectivity index (χ1) is 18.8. The third-order valence-corrected chi connectivity index (χ3v) is 7.84. The summed E-state index contributed by atoms with van der Waals surface area (Å²) >= 11 is 1.33. The Hall–Kier alpha value is -4.32. The molecule has 39 heavy (non-hydrogen) atoms. The zero-order valence-corrected chi connectivity index (χ0v) is 22.4. The maximum atomic E-state index is 13.6. The van der Waals surface area contributed by atoms with Crippen LogP contribution in [0.15, 0.2) is 47.1 Å². The van der Waals surface area contributed by atoms with Gasteiger partial charge in [0.05, 0.1) is 16.9 Å². The summed E-state index contributed by atoms with van der Waals surface area (Å²) < 4.78 is 18.4. The van der Waals surface area contributed by atoms with E-state index in [2.05, 4.69) is 10.6 Å². The number of aromatic nitrogens is 2. The molecule has 12 heteroatoms. The molecule has 1 aliphatic heterocycles. The minimum absolute atomic E-state index is 0.111. The lowest BCUT2D eigenvalue weighted by Crippen LogP contribution is -2.26. The van der Waals surface area contributed by atoms with Gasteiger partial charge in [0, 0.05) is 11.9 Å². The summed E-state index contributed by atoms with van der Waals surface area (Å²) in [6.07, 6.45) is 4.53. The molecule has 11 nitrogen and oxygen atoms in total. The maximum Gasteiger partial charge on any atom is 0.377 e. The second kappa shape index (κ2) is 11.2. The number of nitrogens with one attached hydrogen (secondary N) is 2. The molecule has 2 N–H and O–H groups in total. The fourth-order valence-corrected chi connectivity index (χ4v) is 5.93. The summed E-state index contributed by atoms with van der Waals surface area (Å²) in [7, 11) is 1.75. The van der Waals surface area contributed by atoms with Gasteiger partial charge in [0.2, 0.25) is 5.76 Å². The second-order valence-electron chi connectivity index (χ2n) is 9.13. The Balaban J connectivity index is 1.37. The van der Waals surface area contributed by atoms with Gasteiger partial charge in [-0.15, -0.1) is 11.3 Å². The molecule has 0 saturated heterocycles. The van der Waals surface area contributed by atoms with Crippen molar-refractivity contribution in [2.24, 2.45) is 7.05 Å². The Kier molecular flexibility index (Phi) is 7.55. The molecule has 0 radical (unpaired) electrons. The highest BCUT2D eigenvalue weighted by Gasteiger charge is 2.29. The molecular formula is C27H28N4O7S. The van der Waals surface area contributed by atoms with Crippen LogP contribution in [0.1, 0.15) is 39.3 Å². The number of para-hydroxylation sites is 1. The van der Waals surface area contributed by atoms with E-state index in [4.69, 9.17) is 14.2 Å². The molecule has 204 valence electrons. The SMILES string of the molecule is Cc1c(NC(=O)c2c(NC(=O)COC(=O)C3=COCCO3)sc3c2CCCC3)c(=O)n(-c2ccccc2)n1C. The van der Waals surface area contributed by atoms with Crippen molar-refractivity contribution in [2.45, 2.75) is 32.6 Å². The number of anilines is 2. The fraction of sp³-hybridized carbons (Fsp3) is 0.333. The molecule has 1 aromatic carbocycles. The van der Waals surface area contributed by atoms with Gasteiger partial charge < -0.3 is 24.8 Å². The van der Waals surface area contributed by atoms with Crippen LogP contribution < -0.4 is 16.2 Å². The zero-order chi connectivity index (χ0) is 27.5. The van der Waals surface area contributed by atoms with Gasteiger partial charge in [0.25, 0.3) is 17.4 Å². The lowest BCUT2D eigenvalue weighted by molar-refractivity contribution is -0.148. The van der Waals surface area contributed by atoms with Gasteiger partial charge in [-0.25, -0.2) is 9.48 Å². The van der Waals surface area contributed by atoms with Crippen molar-refractivity contribution >= 4 is 39.8 Å². The lowest BCUT2D eigenvalue weighted by Gasteiger charge is -2.14. The van der Waals surface area contributed by atoms with Gasteiger partial charge in [-0.2, -0.15) is 0 Å². The van der Waals surface area contributed by atoms with Crippen LogP contribution in [0.2, 0.25) is 0 Å². The summed E-state index contributed by atoms with van der Waals surface area (Å²) in [6, 6.07) is 9.15. The number of rotatable bonds is 7. The van der Waals surface area contributed by atoms with E-state index >= 15 is 0 Å². The summed E-state index contributed by atoms with van der Waals surface area (Å²) in [5.41, 5.74) is 2.25. The Morgan fingerprint density at radius 3 is 2.59 bits per heavy atom. The van der Waals surface area contributed by atoms with Crippen molar-refractivity contribution in [3.8, 4) is 5.69 Å². The molecule has 1 aliphatic carbocycles. The molecule has 0 bridgehead atoms. The predicted molar refractivity (Wildman–Crippen MR) is 144 cm³/mol. The van der Waals surface area contributed by atoms with Crippen molar-refractivity contribution in [3.63, 3.8) is 0 Å². The molecular weight excluding hydrogens is 524 g/mol. The van der Waals surface area contributed by atoms with E-state index in [1.807, 2.05) is 30.3 Å². The average molecular weight is 553 g/mol. The van der Waals surface area contributed by atoms with Gasteiger partial charge >= 0.3 is 5.97 Å². The second-order valence-corrected chi connectivity index (χ2v) is 10.2. The van der Waals surface area contributed by atoms with Crippen molar-refractivity contribution in [2.75, 3.05) is 30.5 Å². The molecule has 0 saturated carbocycles. The highest BCUT2D eigenvalue weighted by molar-refractivity contribution is 7.17. The predicted octanol–water partition coefficient (Wildman–Crippen LogP) is 3.05. The van der Waals surface area contributed by atoms with Gasteiger partial charge in [-0.05, 0) is 50.3 Å². The summed E-state index contributed by atoms with van der Waals surface area (Å²) in [6.45, 7) is 1.73. The minimum atomic E-state index is -0.817. The highest BCUT2D eigenvalue weighted by atomic mass is 32.1. The number of esters is 1. The molecule has 0 spiro atoms. The molecule has 3 heterocycles. The molecule has 5 rings (SSSR count). The number of amides is 2. The molecule has 0 unspecified atom stereocenters. The van der Waals surface area contributed by atoms with Crippen LogP contribution in [0, 0.1) is 6.92 Å². The number of carbonyl (C=O) groups is 3. The summed E-state index contributed by atoms with van der Waals surface area (Å²) in [4.78, 5) is 52.8. The van der Waals surface area contributed by atoms with Crippen LogP contribution in [0.3, 0.4) is 0 Å². The number of carbonyl (C=O) groups excluding carboxylic acids is 3. The number of nitrogens with zero attached hydrogens (tertiary/aromatic N) is 2. The number of hydrogen-bond donors (Lipinski definition) is 2. The number of hydrogen-bond acceptors (Lipinski definition) is 8. The third-order valence-electron chi connectivity index (χ3n) is 6.63. The molecule has 2 aliphatic rings. The molecule has 0 atom stereocenters. The van der Waals surface area contributed by atoms with Gasteiger partial charge in [0.1, 0.15) is 30.2 Å². The van der Waals surface area contributed by atoms with Gasteiger partial charge in [-0.1, -0.05) is 18.2 Å². The van der Waals surface area contributed by atoms with Crippen molar-refractivity contribution < 1.29 is 28.6 Å². The summed E-state index contributed by atoms with van der Waals surface area (Å²) in [5.74, 6) is -2.01.